The average Bonchev–Trinajstić information content (AvgIpc) is 2.72. The number of hydrogen-bond donors (Lipinski definition) is 1. The maximum Gasteiger partial charge on any atom is 0.437 e. The number of halogens is 1. The van der Waals surface area contributed by atoms with E-state index in [0.29, 0.717) is 5.92 Å². The first-order valence-corrected chi connectivity index (χ1v) is 6.50. The number of benzene rings is 1. The number of nitrogens with zero attached hydrogens (tertiary/aromatic N) is 2. The topological polar surface area (TPSA) is 68.3 Å². The minimum Gasteiger partial charge on any atom is -0.390 e. The molecule has 0 unspecified atom stereocenters. The third kappa shape index (κ3) is 2.31. The lowest BCUT2D eigenvalue weighted by atomic mass is 9.76. The van der Waals surface area contributed by atoms with Crippen LogP contribution < -0.4 is 5.76 Å². The highest BCUT2D eigenvalue weighted by atomic mass is 35.5. The zero-order chi connectivity index (χ0) is 13.4. The van der Waals surface area contributed by atoms with Gasteiger partial charge in [-0.2, -0.15) is 4.68 Å². The molecule has 0 bridgehead atoms. The summed E-state index contributed by atoms with van der Waals surface area (Å²) in [5.74, 6) is -0.00741. The summed E-state index contributed by atoms with van der Waals surface area (Å²) < 4.78 is 6.14. The van der Waals surface area contributed by atoms with Crippen molar-refractivity contribution >= 4 is 11.6 Å². The molecular weight excluding hydrogens is 268 g/mol. The van der Waals surface area contributed by atoms with Crippen molar-refractivity contribution in [2.75, 3.05) is 0 Å². The van der Waals surface area contributed by atoms with Crippen LogP contribution >= 0.6 is 11.6 Å². The summed E-state index contributed by atoms with van der Waals surface area (Å²) in [6, 6.07) is 7.81. The van der Waals surface area contributed by atoms with Crippen molar-refractivity contribution in [3.8, 4) is 0 Å². The van der Waals surface area contributed by atoms with Crippen molar-refractivity contribution in [1.29, 1.82) is 0 Å². The molecule has 3 rings (SSSR count). The van der Waals surface area contributed by atoms with E-state index in [0.717, 1.165) is 17.9 Å². The van der Waals surface area contributed by atoms with E-state index in [2.05, 4.69) is 5.10 Å². The van der Waals surface area contributed by atoms with E-state index in [-0.39, 0.29) is 18.5 Å². The van der Waals surface area contributed by atoms with Gasteiger partial charge in [-0.3, -0.25) is 0 Å². The van der Waals surface area contributed by atoms with Gasteiger partial charge in [0.1, 0.15) is 6.61 Å². The molecule has 2 aromatic rings. The monoisotopic (exact) mass is 280 g/mol. The van der Waals surface area contributed by atoms with Crippen molar-refractivity contribution in [2.45, 2.75) is 31.4 Å². The van der Waals surface area contributed by atoms with Crippen LogP contribution in [0.15, 0.2) is 33.5 Å². The molecule has 1 N–H and O–H groups in total. The van der Waals surface area contributed by atoms with Crippen molar-refractivity contribution in [3.63, 3.8) is 0 Å². The van der Waals surface area contributed by atoms with E-state index in [1.165, 1.54) is 10.2 Å². The molecule has 0 spiro atoms. The molecule has 1 aromatic carbocycles. The summed E-state index contributed by atoms with van der Waals surface area (Å²) in [7, 11) is 0. The van der Waals surface area contributed by atoms with Crippen LogP contribution in [0.2, 0.25) is 5.02 Å². The molecule has 0 atom stereocenters. The Morgan fingerprint density at radius 2 is 2.05 bits per heavy atom. The fourth-order valence-corrected chi connectivity index (χ4v) is 2.54. The molecule has 1 aliphatic rings. The Kier molecular flexibility index (Phi) is 3.16. The Bertz CT molecular complexity index is 626. The first-order valence-electron chi connectivity index (χ1n) is 6.12. The Morgan fingerprint density at radius 1 is 1.37 bits per heavy atom. The Hall–Kier alpha value is -1.59. The van der Waals surface area contributed by atoms with Crippen LogP contribution in [0.4, 0.5) is 0 Å². The molecule has 100 valence electrons. The molecule has 6 heteroatoms. The minimum absolute atomic E-state index is 0.0530. The van der Waals surface area contributed by atoms with Gasteiger partial charge in [0.05, 0.1) is 6.04 Å². The second-order valence-corrected chi connectivity index (χ2v) is 5.17. The third-order valence-corrected chi connectivity index (χ3v) is 3.80. The van der Waals surface area contributed by atoms with Gasteiger partial charge in [-0.25, -0.2) is 4.79 Å². The van der Waals surface area contributed by atoms with Gasteiger partial charge in [0.25, 0.3) is 0 Å². The van der Waals surface area contributed by atoms with Gasteiger partial charge >= 0.3 is 5.76 Å². The maximum absolute atomic E-state index is 11.5. The second-order valence-electron chi connectivity index (χ2n) is 4.74. The van der Waals surface area contributed by atoms with Crippen LogP contribution in [0.25, 0.3) is 0 Å². The first-order chi connectivity index (χ1) is 9.17. The van der Waals surface area contributed by atoms with Crippen molar-refractivity contribution < 1.29 is 9.52 Å². The Labute approximate surface area is 114 Å². The summed E-state index contributed by atoms with van der Waals surface area (Å²) in [6.07, 6.45) is 1.69. The highest BCUT2D eigenvalue weighted by Gasteiger charge is 2.34. The Morgan fingerprint density at radius 3 is 2.63 bits per heavy atom. The van der Waals surface area contributed by atoms with Gasteiger partial charge in [0.15, 0.2) is 0 Å². The van der Waals surface area contributed by atoms with E-state index in [4.69, 9.17) is 21.1 Å². The van der Waals surface area contributed by atoms with Crippen LogP contribution in [0, 0.1) is 0 Å². The van der Waals surface area contributed by atoms with E-state index in [1.54, 1.807) is 0 Å². The van der Waals surface area contributed by atoms with E-state index in [9.17, 15) is 4.79 Å². The van der Waals surface area contributed by atoms with Gasteiger partial charge in [0, 0.05) is 5.02 Å². The summed E-state index contributed by atoms with van der Waals surface area (Å²) in [4.78, 5) is 11.5. The summed E-state index contributed by atoms with van der Waals surface area (Å²) in [6.45, 7) is -0.352. The molecule has 5 nitrogen and oxygen atoms in total. The van der Waals surface area contributed by atoms with Gasteiger partial charge in [0.2, 0.25) is 5.89 Å². The first kappa shape index (κ1) is 12.4. The summed E-state index contributed by atoms with van der Waals surface area (Å²) in [5, 5.41) is 13.6. The molecule has 19 heavy (non-hydrogen) atoms. The lowest BCUT2D eigenvalue weighted by Crippen LogP contribution is -2.31. The highest BCUT2D eigenvalue weighted by Crippen LogP contribution is 2.43. The van der Waals surface area contributed by atoms with Crippen LogP contribution in [0.5, 0.6) is 0 Å². The smallest absolute Gasteiger partial charge is 0.390 e. The summed E-state index contributed by atoms with van der Waals surface area (Å²) >= 11 is 5.85. The number of rotatable bonds is 3. The number of aliphatic hydroxyl groups is 1. The van der Waals surface area contributed by atoms with Crippen LogP contribution in [-0.4, -0.2) is 14.9 Å². The van der Waals surface area contributed by atoms with Crippen molar-refractivity contribution in [3.05, 3.63) is 51.3 Å². The number of hydrogen-bond acceptors (Lipinski definition) is 4. The summed E-state index contributed by atoms with van der Waals surface area (Å²) in [5.41, 5.74) is 1.22. The largest absolute Gasteiger partial charge is 0.437 e. The van der Waals surface area contributed by atoms with Crippen LogP contribution in [-0.2, 0) is 6.61 Å². The standard InChI is InChI=1S/C13H13ClN2O3/c14-10-3-1-8(2-4-10)9-5-11(6-9)16-13(18)19-12(7-17)15-16/h1-4,9,11,17H,5-7H2. The highest BCUT2D eigenvalue weighted by molar-refractivity contribution is 6.30. The zero-order valence-corrected chi connectivity index (χ0v) is 10.9. The molecule has 0 amide bonds. The maximum atomic E-state index is 11.5. The molecule has 0 radical (unpaired) electrons. The van der Waals surface area contributed by atoms with Crippen molar-refractivity contribution in [2.24, 2.45) is 0 Å². The van der Waals surface area contributed by atoms with Crippen LogP contribution in [0.1, 0.15) is 36.3 Å². The number of aromatic nitrogens is 2. The van der Waals surface area contributed by atoms with Gasteiger partial charge < -0.3 is 9.52 Å². The van der Waals surface area contributed by atoms with Gasteiger partial charge in [-0.1, -0.05) is 23.7 Å². The molecule has 1 aromatic heterocycles. The predicted molar refractivity (Wildman–Crippen MR) is 69.1 cm³/mol. The van der Waals surface area contributed by atoms with Gasteiger partial charge in [-0.15, -0.1) is 5.10 Å². The molecule has 1 heterocycles. The fourth-order valence-electron chi connectivity index (χ4n) is 2.42. The second kappa shape index (κ2) is 4.83. The minimum atomic E-state index is -0.497. The SMILES string of the molecule is O=c1oc(CO)nn1C1CC(c2ccc(Cl)cc2)C1. The molecule has 1 fully saturated rings. The van der Waals surface area contributed by atoms with E-state index < -0.39 is 5.76 Å². The molecule has 0 saturated heterocycles. The number of aliphatic hydroxyl groups excluding tert-OH is 1. The lowest BCUT2D eigenvalue weighted by Gasteiger charge is -2.34. The Balaban J connectivity index is 1.71. The molecule has 0 aliphatic heterocycles. The molecular formula is C13H13ClN2O3. The van der Waals surface area contributed by atoms with Gasteiger partial charge in [-0.05, 0) is 36.5 Å². The normalized spacial score (nSPS) is 22.2. The van der Waals surface area contributed by atoms with Crippen molar-refractivity contribution in [1.82, 2.24) is 9.78 Å². The quantitative estimate of drug-likeness (QED) is 0.935. The van der Waals surface area contributed by atoms with Crippen LogP contribution in [0.3, 0.4) is 0 Å². The fraction of sp³-hybridized carbons (Fsp3) is 0.385. The average molecular weight is 281 g/mol. The zero-order valence-electron chi connectivity index (χ0n) is 10.1. The lowest BCUT2D eigenvalue weighted by molar-refractivity contribution is 0.232. The van der Waals surface area contributed by atoms with E-state index in [1.807, 2.05) is 24.3 Å². The molecule has 1 saturated carbocycles. The van der Waals surface area contributed by atoms with E-state index >= 15 is 0 Å². The third-order valence-electron chi connectivity index (χ3n) is 3.55. The molecule has 1 aliphatic carbocycles. The predicted octanol–water partition coefficient (Wildman–Crippen LogP) is 2.10.